The summed E-state index contributed by atoms with van der Waals surface area (Å²) in [4.78, 5) is 4.62. The van der Waals surface area contributed by atoms with Crippen LogP contribution >= 0.6 is 11.6 Å². The van der Waals surface area contributed by atoms with Crippen molar-refractivity contribution in [3.8, 4) is 0 Å². The van der Waals surface area contributed by atoms with Crippen LogP contribution < -0.4 is 4.90 Å². The molecule has 1 aliphatic rings. The zero-order chi connectivity index (χ0) is 14.1. The van der Waals surface area contributed by atoms with Gasteiger partial charge in [-0.15, -0.1) is 10.2 Å². The first-order chi connectivity index (χ1) is 9.66. The number of fused-ring (bicyclic) bond motifs is 1. The molecule has 1 aromatic heterocycles. The zero-order valence-electron chi connectivity index (χ0n) is 11.9. The highest BCUT2D eigenvalue weighted by molar-refractivity contribution is 6.34. The lowest BCUT2D eigenvalue weighted by Crippen LogP contribution is -2.45. The molecule has 3 rings (SSSR count). The third-order valence-corrected chi connectivity index (χ3v) is 4.33. The standard InChI is InChI=1S/C15H19ClN4/c1-19(2)11-6-5-9-20(10-11)15-13-8-4-3-7-12(13)14(16)17-18-15/h3-4,7-8,11H,5-6,9-10H2,1-2H3. The Morgan fingerprint density at radius 2 is 1.95 bits per heavy atom. The molecule has 0 saturated carbocycles. The van der Waals surface area contributed by atoms with Crippen molar-refractivity contribution < 1.29 is 0 Å². The summed E-state index contributed by atoms with van der Waals surface area (Å²) in [5.41, 5.74) is 0. The molecule has 1 fully saturated rings. The van der Waals surface area contributed by atoms with E-state index in [0.717, 1.165) is 29.7 Å². The van der Waals surface area contributed by atoms with Gasteiger partial charge in [0.1, 0.15) is 0 Å². The first-order valence-electron chi connectivity index (χ1n) is 6.99. The van der Waals surface area contributed by atoms with Crippen molar-refractivity contribution in [1.29, 1.82) is 0 Å². The van der Waals surface area contributed by atoms with Crippen LogP contribution in [0.1, 0.15) is 12.8 Å². The number of hydrogen-bond acceptors (Lipinski definition) is 4. The third kappa shape index (κ3) is 2.45. The van der Waals surface area contributed by atoms with Crippen LogP contribution in [-0.4, -0.2) is 48.3 Å². The minimum Gasteiger partial charge on any atom is -0.353 e. The number of rotatable bonds is 2. The topological polar surface area (TPSA) is 32.3 Å². The Bertz CT molecular complexity index is 614. The van der Waals surface area contributed by atoms with Gasteiger partial charge in [-0.3, -0.25) is 0 Å². The van der Waals surface area contributed by atoms with Crippen LogP contribution in [0.4, 0.5) is 5.82 Å². The number of anilines is 1. The van der Waals surface area contributed by atoms with Gasteiger partial charge in [0.25, 0.3) is 0 Å². The van der Waals surface area contributed by atoms with Crippen molar-refractivity contribution >= 4 is 28.2 Å². The fraction of sp³-hybridized carbons (Fsp3) is 0.467. The monoisotopic (exact) mass is 290 g/mol. The van der Waals surface area contributed by atoms with Gasteiger partial charge in [-0.2, -0.15) is 0 Å². The van der Waals surface area contributed by atoms with Gasteiger partial charge >= 0.3 is 0 Å². The average molecular weight is 291 g/mol. The normalized spacial score (nSPS) is 19.8. The van der Waals surface area contributed by atoms with E-state index >= 15 is 0 Å². The molecule has 0 amide bonds. The third-order valence-electron chi connectivity index (χ3n) is 4.05. The highest BCUT2D eigenvalue weighted by atomic mass is 35.5. The second-order valence-corrected chi connectivity index (χ2v) is 5.92. The van der Waals surface area contributed by atoms with E-state index in [-0.39, 0.29) is 0 Å². The van der Waals surface area contributed by atoms with Crippen LogP contribution in [0.25, 0.3) is 10.8 Å². The molecule has 1 aliphatic heterocycles. The summed E-state index contributed by atoms with van der Waals surface area (Å²) in [7, 11) is 4.28. The predicted molar refractivity (Wildman–Crippen MR) is 83.5 cm³/mol. The molecule has 106 valence electrons. The maximum Gasteiger partial charge on any atom is 0.159 e. The summed E-state index contributed by atoms with van der Waals surface area (Å²) < 4.78 is 0. The molecular formula is C15H19ClN4. The van der Waals surface area contributed by atoms with Gasteiger partial charge in [0.05, 0.1) is 0 Å². The van der Waals surface area contributed by atoms with E-state index in [2.05, 4.69) is 40.2 Å². The van der Waals surface area contributed by atoms with E-state index < -0.39 is 0 Å². The van der Waals surface area contributed by atoms with E-state index in [4.69, 9.17) is 11.6 Å². The van der Waals surface area contributed by atoms with E-state index in [0.29, 0.717) is 11.2 Å². The van der Waals surface area contributed by atoms with Gasteiger partial charge in [-0.1, -0.05) is 35.9 Å². The second kappa shape index (κ2) is 5.54. The quantitative estimate of drug-likeness (QED) is 0.851. The molecule has 0 bridgehead atoms. The Hall–Kier alpha value is -1.39. The predicted octanol–water partition coefficient (Wildman–Crippen LogP) is 2.81. The molecule has 0 aliphatic carbocycles. The molecule has 1 unspecified atom stereocenters. The molecule has 2 heterocycles. The molecule has 0 N–H and O–H groups in total. The summed E-state index contributed by atoms with van der Waals surface area (Å²) in [5.74, 6) is 0.955. The Morgan fingerprint density at radius 3 is 2.70 bits per heavy atom. The number of benzene rings is 1. The number of halogens is 1. The molecule has 20 heavy (non-hydrogen) atoms. The first kappa shape index (κ1) is 13.6. The smallest absolute Gasteiger partial charge is 0.159 e. The Kier molecular flexibility index (Phi) is 3.76. The maximum absolute atomic E-state index is 6.15. The summed E-state index contributed by atoms with van der Waals surface area (Å²) in [6, 6.07) is 8.66. The fourth-order valence-corrected chi connectivity index (χ4v) is 3.06. The second-order valence-electron chi connectivity index (χ2n) is 5.57. The van der Waals surface area contributed by atoms with Crippen LogP contribution in [-0.2, 0) is 0 Å². The summed E-state index contributed by atoms with van der Waals surface area (Å²) in [5, 5.41) is 11.0. The van der Waals surface area contributed by atoms with Crippen molar-refractivity contribution in [3.63, 3.8) is 0 Å². The maximum atomic E-state index is 6.15. The fourth-order valence-electron chi connectivity index (χ4n) is 2.86. The number of aromatic nitrogens is 2. The van der Waals surface area contributed by atoms with Gasteiger partial charge in [-0.25, -0.2) is 0 Å². The Labute approximate surface area is 124 Å². The number of hydrogen-bond donors (Lipinski definition) is 0. The van der Waals surface area contributed by atoms with Gasteiger partial charge in [-0.05, 0) is 26.9 Å². The van der Waals surface area contributed by atoms with Crippen LogP contribution in [0.3, 0.4) is 0 Å². The van der Waals surface area contributed by atoms with Gasteiger partial charge in [0, 0.05) is 29.9 Å². The highest BCUT2D eigenvalue weighted by Gasteiger charge is 2.24. The number of nitrogens with zero attached hydrogens (tertiary/aromatic N) is 4. The zero-order valence-corrected chi connectivity index (χ0v) is 12.6. The molecule has 2 aromatic rings. The van der Waals surface area contributed by atoms with Crippen molar-refractivity contribution in [1.82, 2.24) is 15.1 Å². The van der Waals surface area contributed by atoms with Crippen LogP contribution in [0.2, 0.25) is 5.15 Å². The van der Waals surface area contributed by atoms with E-state index in [1.807, 2.05) is 18.2 Å². The molecule has 4 nitrogen and oxygen atoms in total. The molecule has 5 heteroatoms. The van der Waals surface area contributed by atoms with Gasteiger partial charge in [0.2, 0.25) is 0 Å². The van der Waals surface area contributed by atoms with E-state index in [1.54, 1.807) is 0 Å². The highest BCUT2D eigenvalue weighted by Crippen LogP contribution is 2.30. The lowest BCUT2D eigenvalue weighted by atomic mass is 10.0. The van der Waals surface area contributed by atoms with E-state index in [9.17, 15) is 0 Å². The first-order valence-corrected chi connectivity index (χ1v) is 7.37. The van der Waals surface area contributed by atoms with Gasteiger partial charge < -0.3 is 9.80 Å². The largest absolute Gasteiger partial charge is 0.353 e. The minimum atomic E-state index is 0.477. The Balaban J connectivity index is 2.00. The molecule has 1 saturated heterocycles. The summed E-state index contributed by atoms with van der Waals surface area (Å²) in [6.07, 6.45) is 2.42. The SMILES string of the molecule is CN(C)C1CCCN(c2nnc(Cl)c3ccccc23)C1. The summed E-state index contributed by atoms with van der Waals surface area (Å²) in [6.45, 7) is 2.03. The molecular weight excluding hydrogens is 272 g/mol. The van der Waals surface area contributed by atoms with Crippen LogP contribution in [0.5, 0.6) is 0 Å². The van der Waals surface area contributed by atoms with Crippen molar-refractivity contribution in [2.45, 2.75) is 18.9 Å². The molecule has 0 spiro atoms. The van der Waals surface area contributed by atoms with E-state index in [1.165, 1.54) is 12.8 Å². The van der Waals surface area contributed by atoms with Crippen LogP contribution in [0.15, 0.2) is 24.3 Å². The Morgan fingerprint density at radius 1 is 1.20 bits per heavy atom. The lowest BCUT2D eigenvalue weighted by molar-refractivity contribution is 0.257. The lowest BCUT2D eigenvalue weighted by Gasteiger charge is -2.37. The van der Waals surface area contributed by atoms with Gasteiger partial charge in [0.15, 0.2) is 11.0 Å². The average Bonchev–Trinajstić information content (AvgIpc) is 2.48. The van der Waals surface area contributed by atoms with Crippen molar-refractivity contribution in [3.05, 3.63) is 29.4 Å². The number of piperidine rings is 1. The molecule has 1 aromatic carbocycles. The van der Waals surface area contributed by atoms with Crippen molar-refractivity contribution in [2.24, 2.45) is 0 Å². The molecule has 1 atom stereocenters. The van der Waals surface area contributed by atoms with Crippen LogP contribution in [0, 0.1) is 0 Å². The molecule has 0 radical (unpaired) electrons. The van der Waals surface area contributed by atoms with Crippen molar-refractivity contribution in [2.75, 3.05) is 32.1 Å². The number of likely N-dealkylation sites (N-methyl/N-ethyl adjacent to an activating group) is 1. The minimum absolute atomic E-state index is 0.477. The summed E-state index contributed by atoms with van der Waals surface area (Å²) >= 11 is 6.15.